The number of nitrogens with one attached hydrogen (secondary N) is 2. The fourth-order valence-electron chi connectivity index (χ4n) is 5.54. The second kappa shape index (κ2) is 5.53. The third kappa shape index (κ3) is 2.31. The van der Waals surface area contributed by atoms with E-state index in [0.717, 1.165) is 48.9 Å². The number of hydrogen-bond donors (Lipinski definition) is 2. The molecular weight excluding hydrogens is 350 g/mol. The molecule has 3 aliphatic heterocycles. The third-order valence-electron chi connectivity index (χ3n) is 7.25. The highest BCUT2D eigenvalue weighted by molar-refractivity contribution is 5.87. The maximum absolute atomic E-state index is 13.5. The first kappa shape index (κ1) is 16.0. The monoisotopic (exact) mass is 374 g/mol. The van der Waals surface area contributed by atoms with Crippen LogP contribution < -0.4 is 15.1 Å². The largest absolute Gasteiger partial charge is 0.357 e. The molecular formula is C19H24F2N6. The van der Waals surface area contributed by atoms with Crippen molar-refractivity contribution in [1.29, 1.82) is 0 Å². The van der Waals surface area contributed by atoms with Gasteiger partial charge in [-0.1, -0.05) is 0 Å². The van der Waals surface area contributed by atoms with Gasteiger partial charge in [0.15, 0.2) is 5.82 Å². The first-order valence-corrected chi connectivity index (χ1v) is 10.0. The Morgan fingerprint density at radius 1 is 1.19 bits per heavy atom. The highest BCUT2D eigenvalue weighted by Crippen LogP contribution is 2.61. The van der Waals surface area contributed by atoms with Crippen LogP contribution in [0.4, 0.5) is 20.5 Å². The molecule has 0 bridgehead atoms. The van der Waals surface area contributed by atoms with E-state index in [1.165, 1.54) is 6.42 Å². The second-order valence-corrected chi connectivity index (χ2v) is 8.74. The molecule has 4 aliphatic rings. The molecule has 1 aliphatic carbocycles. The van der Waals surface area contributed by atoms with Crippen LogP contribution in [0.5, 0.6) is 0 Å². The number of alkyl halides is 2. The number of anilines is 2. The van der Waals surface area contributed by atoms with Gasteiger partial charge in [0.1, 0.15) is 5.52 Å². The lowest BCUT2D eigenvalue weighted by Gasteiger charge is -2.35. The van der Waals surface area contributed by atoms with Crippen LogP contribution in [0, 0.1) is 17.3 Å². The summed E-state index contributed by atoms with van der Waals surface area (Å²) in [5.74, 6) is 2.28. The average molecular weight is 374 g/mol. The van der Waals surface area contributed by atoms with Crippen LogP contribution in [0.1, 0.15) is 19.3 Å². The Kier molecular flexibility index (Phi) is 3.28. The van der Waals surface area contributed by atoms with Gasteiger partial charge >= 0.3 is 0 Å². The van der Waals surface area contributed by atoms with Crippen molar-refractivity contribution in [2.24, 2.45) is 17.3 Å². The number of nitrogens with zero attached hydrogens (tertiary/aromatic N) is 4. The number of halogens is 2. The Balaban J connectivity index is 1.34. The smallest absolute Gasteiger partial charge is 0.246 e. The average Bonchev–Trinajstić information content (AvgIpc) is 3.11. The van der Waals surface area contributed by atoms with Crippen molar-refractivity contribution >= 4 is 22.8 Å². The maximum Gasteiger partial charge on any atom is 0.246 e. The van der Waals surface area contributed by atoms with Gasteiger partial charge in [0.25, 0.3) is 0 Å². The summed E-state index contributed by atoms with van der Waals surface area (Å²) >= 11 is 0. The molecule has 0 radical (unpaired) electrons. The summed E-state index contributed by atoms with van der Waals surface area (Å²) in [7, 11) is 0. The molecule has 8 heteroatoms. The van der Waals surface area contributed by atoms with E-state index in [0.29, 0.717) is 31.5 Å². The van der Waals surface area contributed by atoms with Crippen LogP contribution in [0.15, 0.2) is 12.3 Å². The van der Waals surface area contributed by atoms with Crippen LogP contribution >= 0.6 is 0 Å². The van der Waals surface area contributed by atoms with Gasteiger partial charge in [-0.15, -0.1) is 0 Å². The number of aromatic amines is 1. The van der Waals surface area contributed by atoms with E-state index in [1.807, 2.05) is 17.2 Å². The molecule has 2 aromatic heterocycles. The molecule has 144 valence electrons. The number of piperidine rings is 2. The molecule has 2 N–H and O–H groups in total. The lowest BCUT2D eigenvalue weighted by molar-refractivity contribution is 0.0656. The number of rotatable bonds is 3. The Hall–Kier alpha value is -1.96. The lowest BCUT2D eigenvalue weighted by atomic mass is 9.94. The number of aromatic nitrogens is 3. The number of fused-ring (bicyclic) bond motifs is 3. The summed E-state index contributed by atoms with van der Waals surface area (Å²) in [5, 5.41) is 3.58. The summed E-state index contributed by atoms with van der Waals surface area (Å²) < 4.78 is 27.0. The highest BCUT2D eigenvalue weighted by Gasteiger charge is 2.65. The minimum absolute atomic E-state index is 0.0984. The zero-order chi connectivity index (χ0) is 18.2. The number of H-pyrrole nitrogens is 1. The summed E-state index contributed by atoms with van der Waals surface area (Å²) in [5.41, 5.74) is 0.924. The molecule has 0 spiro atoms. The topological polar surface area (TPSA) is 60.1 Å². The fraction of sp³-hybridized carbons (Fsp3) is 0.684. The minimum atomic E-state index is -2.25. The molecule has 6 rings (SSSR count). The van der Waals surface area contributed by atoms with E-state index in [2.05, 4.69) is 15.2 Å². The van der Waals surface area contributed by atoms with Crippen molar-refractivity contribution in [2.75, 3.05) is 42.5 Å². The van der Waals surface area contributed by atoms with Gasteiger partial charge in [0, 0.05) is 38.4 Å². The van der Waals surface area contributed by atoms with Gasteiger partial charge < -0.3 is 20.1 Å². The van der Waals surface area contributed by atoms with Crippen LogP contribution in [0.3, 0.4) is 0 Å². The van der Waals surface area contributed by atoms with Crippen molar-refractivity contribution in [2.45, 2.75) is 31.7 Å². The molecule has 3 saturated heterocycles. The van der Waals surface area contributed by atoms with E-state index in [1.54, 1.807) is 0 Å². The van der Waals surface area contributed by atoms with Gasteiger partial charge in [-0.2, -0.15) is 4.98 Å². The zero-order valence-corrected chi connectivity index (χ0v) is 15.2. The predicted octanol–water partition coefficient (Wildman–Crippen LogP) is 2.24. The molecule has 1 saturated carbocycles. The van der Waals surface area contributed by atoms with Gasteiger partial charge in [0.2, 0.25) is 12.4 Å². The van der Waals surface area contributed by atoms with Crippen molar-refractivity contribution in [3.63, 3.8) is 0 Å². The SMILES string of the molecule is FC(F)[C@]12C[C@H]1CN(c1nc(N3CC[C@@H]4NCC[C@@H]4C3)nc3cc[nH]c13)C2. The van der Waals surface area contributed by atoms with Crippen LogP contribution in [0.2, 0.25) is 0 Å². The molecule has 27 heavy (non-hydrogen) atoms. The van der Waals surface area contributed by atoms with E-state index in [4.69, 9.17) is 9.97 Å². The first-order valence-electron chi connectivity index (χ1n) is 10.0. The molecule has 2 aromatic rings. The summed E-state index contributed by atoms with van der Waals surface area (Å²) in [4.78, 5) is 17.2. The van der Waals surface area contributed by atoms with Crippen molar-refractivity contribution in [3.05, 3.63) is 12.3 Å². The van der Waals surface area contributed by atoms with Crippen molar-refractivity contribution < 1.29 is 8.78 Å². The highest BCUT2D eigenvalue weighted by atomic mass is 19.3. The Bertz CT molecular complexity index is 884. The van der Waals surface area contributed by atoms with E-state index in [9.17, 15) is 8.78 Å². The lowest BCUT2D eigenvalue weighted by Crippen LogP contribution is -2.45. The first-order chi connectivity index (χ1) is 13.1. The molecule has 0 amide bonds. The Labute approximate surface area is 156 Å². The summed E-state index contributed by atoms with van der Waals surface area (Å²) in [6.07, 6.45) is 2.57. The second-order valence-electron chi connectivity index (χ2n) is 8.74. The van der Waals surface area contributed by atoms with Crippen molar-refractivity contribution in [3.8, 4) is 0 Å². The van der Waals surface area contributed by atoms with E-state index >= 15 is 0 Å². The van der Waals surface area contributed by atoms with E-state index in [-0.39, 0.29) is 5.92 Å². The molecule has 4 fully saturated rings. The molecule has 0 unspecified atom stereocenters. The van der Waals surface area contributed by atoms with Gasteiger partial charge in [-0.05, 0) is 43.7 Å². The van der Waals surface area contributed by atoms with Gasteiger partial charge in [-0.3, -0.25) is 0 Å². The molecule has 5 heterocycles. The summed E-state index contributed by atoms with van der Waals surface area (Å²) in [6.45, 7) is 4.07. The molecule has 0 aromatic carbocycles. The van der Waals surface area contributed by atoms with Crippen molar-refractivity contribution in [1.82, 2.24) is 20.3 Å². The van der Waals surface area contributed by atoms with E-state index < -0.39 is 11.8 Å². The third-order valence-corrected chi connectivity index (χ3v) is 7.25. The minimum Gasteiger partial charge on any atom is -0.357 e. The Morgan fingerprint density at radius 2 is 2.11 bits per heavy atom. The van der Waals surface area contributed by atoms with Crippen LogP contribution in [-0.4, -0.2) is 60.1 Å². The quantitative estimate of drug-likeness (QED) is 0.863. The maximum atomic E-state index is 13.5. The van der Waals surface area contributed by atoms with Crippen LogP contribution in [0.25, 0.3) is 11.0 Å². The molecule has 6 nitrogen and oxygen atoms in total. The summed E-state index contributed by atoms with van der Waals surface area (Å²) in [6, 6.07) is 2.57. The zero-order valence-electron chi connectivity index (χ0n) is 15.2. The predicted molar refractivity (Wildman–Crippen MR) is 99.4 cm³/mol. The molecule has 4 atom stereocenters. The standard InChI is InChI=1S/C19H24F2N6/c20-17(21)19-7-12(19)9-27(10-19)16-15-14(2-5-23-15)24-18(25-16)26-6-3-13-11(8-26)1-4-22-13/h2,5,11-13,17,22-23H,1,3-4,6-10H2/t11-,12+,13+,19+/m1/s1. The van der Waals surface area contributed by atoms with Crippen LogP contribution in [-0.2, 0) is 0 Å². The normalized spacial score (nSPS) is 35.1. The number of hydrogen-bond acceptors (Lipinski definition) is 5. The Morgan fingerprint density at radius 3 is 2.96 bits per heavy atom. The fourth-order valence-corrected chi connectivity index (χ4v) is 5.54. The van der Waals surface area contributed by atoms with Gasteiger partial charge in [0.05, 0.1) is 10.9 Å². The van der Waals surface area contributed by atoms with Gasteiger partial charge in [-0.25, -0.2) is 13.8 Å².